The minimum Gasteiger partial charge on any atom is -0.360 e. The number of nitrogens with zero attached hydrogens (tertiary/aromatic N) is 1. The molecule has 3 unspecified atom stereocenters. The maximum absolute atomic E-state index is 6.05. The Labute approximate surface area is 112 Å². The number of rotatable bonds is 2. The first kappa shape index (κ1) is 15.2. The van der Waals surface area contributed by atoms with E-state index in [-0.39, 0.29) is 18.1 Å². The van der Waals surface area contributed by atoms with E-state index in [2.05, 4.69) is 37.9 Å². The normalized spacial score (nSPS) is 39.4. The molecule has 0 aliphatic carbocycles. The second-order valence-corrected chi connectivity index (χ2v) is 5.98. The Bertz CT molecular complexity index is 240. The van der Waals surface area contributed by atoms with E-state index in [1.54, 1.807) is 0 Å². The Balaban J connectivity index is 0.00000144. The Morgan fingerprint density at radius 2 is 2.12 bits per heavy atom. The number of nitrogens with one attached hydrogen (secondary N) is 1. The van der Waals surface area contributed by atoms with Gasteiger partial charge in [-0.3, -0.25) is 5.32 Å². The summed E-state index contributed by atoms with van der Waals surface area (Å²) in [5, 5.41) is 3.60. The second-order valence-electron chi connectivity index (χ2n) is 5.98. The summed E-state index contributed by atoms with van der Waals surface area (Å²) in [6.45, 7) is 13.4. The quantitative estimate of drug-likeness (QED) is 0.825. The average Bonchev–Trinajstić information content (AvgIpc) is 2.72. The molecule has 0 saturated carbocycles. The first-order valence-corrected chi connectivity index (χ1v) is 6.64. The van der Waals surface area contributed by atoms with Gasteiger partial charge in [-0.15, -0.1) is 12.4 Å². The lowest BCUT2D eigenvalue weighted by atomic mass is 9.93. The molecule has 2 fully saturated rings. The molecular formula is C13H27ClN2O. The van der Waals surface area contributed by atoms with Crippen LogP contribution in [0.4, 0.5) is 0 Å². The van der Waals surface area contributed by atoms with Gasteiger partial charge in [0.2, 0.25) is 0 Å². The maximum atomic E-state index is 6.05. The highest BCUT2D eigenvalue weighted by atomic mass is 35.5. The van der Waals surface area contributed by atoms with Crippen molar-refractivity contribution < 1.29 is 4.74 Å². The molecule has 2 aliphatic rings. The number of likely N-dealkylation sites (tertiary alicyclic amines) is 1. The molecule has 2 saturated heterocycles. The molecule has 3 atom stereocenters. The number of hydrogen-bond acceptors (Lipinski definition) is 3. The zero-order valence-corrected chi connectivity index (χ0v) is 12.3. The molecule has 0 aromatic rings. The van der Waals surface area contributed by atoms with Gasteiger partial charge in [-0.2, -0.15) is 0 Å². The van der Waals surface area contributed by atoms with Crippen LogP contribution in [0.25, 0.3) is 0 Å². The van der Waals surface area contributed by atoms with Crippen LogP contribution in [0.3, 0.4) is 0 Å². The van der Waals surface area contributed by atoms with Crippen LogP contribution in [-0.2, 0) is 4.74 Å². The summed E-state index contributed by atoms with van der Waals surface area (Å²) in [4.78, 5) is 2.55. The fraction of sp³-hybridized carbons (Fsp3) is 1.00. The van der Waals surface area contributed by atoms with Crippen molar-refractivity contribution in [2.24, 2.45) is 11.8 Å². The van der Waals surface area contributed by atoms with Crippen molar-refractivity contribution in [3.8, 4) is 0 Å². The monoisotopic (exact) mass is 262 g/mol. The van der Waals surface area contributed by atoms with Crippen LogP contribution in [0.2, 0.25) is 0 Å². The summed E-state index contributed by atoms with van der Waals surface area (Å²) in [5.74, 6) is 1.29. The molecule has 4 heteroatoms. The molecule has 0 aromatic carbocycles. The van der Waals surface area contributed by atoms with E-state index in [9.17, 15) is 0 Å². The number of ether oxygens (including phenoxy) is 1. The molecule has 0 radical (unpaired) electrons. The first-order valence-electron chi connectivity index (χ1n) is 6.64. The van der Waals surface area contributed by atoms with Crippen LogP contribution in [0.1, 0.15) is 34.1 Å². The number of hydrogen-bond donors (Lipinski definition) is 1. The van der Waals surface area contributed by atoms with Gasteiger partial charge < -0.3 is 9.64 Å². The van der Waals surface area contributed by atoms with E-state index in [1.807, 2.05) is 0 Å². The highest BCUT2D eigenvalue weighted by Gasteiger charge is 2.41. The van der Waals surface area contributed by atoms with Crippen molar-refractivity contribution in [2.75, 3.05) is 26.2 Å². The van der Waals surface area contributed by atoms with Crippen LogP contribution in [0.15, 0.2) is 0 Å². The molecule has 0 spiro atoms. The lowest BCUT2D eigenvalue weighted by Crippen LogP contribution is -2.57. The fourth-order valence-corrected chi connectivity index (χ4v) is 2.77. The van der Waals surface area contributed by atoms with Gasteiger partial charge >= 0.3 is 0 Å². The van der Waals surface area contributed by atoms with E-state index in [0.29, 0.717) is 17.9 Å². The Kier molecular flexibility index (Phi) is 5.26. The summed E-state index contributed by atoms with van der Waals surface area (Å²) in [6.07, 6.45) is 1.26. The molecule has 17 heavy (non-hydrogen) atoms. The van der Waals surface area contributed by atoms with Crippen LogP contribution in [0, 0.1) is 11.8 Å². The Morgan fingerprint density at radius 3 is 2.59 bits per heavy atom. The molecule has 0 amide bonds. The van der Waals surface area contributed by atoms with Gasteiger partial charge in [0.15, 0.2) is 0 Å². The molecule has 2 rings (SSSR count). The van der Waals surface area contributed by atoms with Gasteiger partial charge in [-0.1, -0.05) is 6.92 Å². The Morgan fingerprint density at radius 1 is 1.41 bits per heavy atom. The average molecular weight is 263 g/mol. The topological polar surface area (TPSA) is 24.5 Å². The SMILES string of the molecule is CC1CNC(C)(C2CCN(C(C)C)C2)OC1.Cl. The highest BCUT2D eigenvalue weighted by Crippen LogP contribution is 2.31. The Hall–Kier alpha value is 0.170. The van der Waals surface area contributed by atoms with Gasteiger partial charge in [0, 0.05) is 25.0 Å². The first-order chi connectivity index (χ1) is 7.51. The van der Waals surface area contributed by atoms with Gasteiger partial charge in [-0.25, -0.2) is 0 Å². The van der Waals surface area contributed by atoms with Crippen molar-refractivity contribution in [2.45, 2.75) is 45.9 Å². The van der Waals surface area contributed by atoms with Crippen molar-refractivity contribution in [1.29, 1.82) is 0 Å². The predicted octanol–water partition coefficient (Wildman–Crippen LogP) is 2.11. The largest absolute Gasteiger partial charge is 0.360 e. The second kappa shape index (κ2) is 5.87. The standard InChI is InChI=1S/C13H26N2O.ClH/c1-10(2)15-6-5-12(8-15)13(4)14-7-11(3)9-16-13;/h10-12,14H,5-9H2,1-4H3;1H. The lowest BCUT2D eigenvalue weighted by molar-refractivity contribution is -0.133. The van der Waals surface area contributed by atoms with Crippen molar-refractivity contribution >= 4 is 12.4 Å². The van der Waals surface area contributed by atoms with Crippen molar-refractivity contribution in [1.82, 2.24) is 10.2 Å². The van der Waals surface area contributed by atoms with Gasteiger partial charge in [-0.05, 0) is 39.7 Å². The molecule has 0 aromatic heterocycles. The van der Waals surface area contributed by atoms with Crippen molar-refractivity contribution in [3.05, 3.63) is 0 Å². The van der Waals surface area contributed by atoms with Gasteiger partial charge in [0.25, 0.3) is 0 Å². The molecule has 1 N–H and O–H groups in total. The molecule has 3 nitrogen and oxygen atoms in total. The lowest BCUT2D eigenvalue weighted by Gasteiger charge is -2.42. The summed E-state index contributed by atoms with van der Waals surface area (Å²) >= 11 is 0. The van der Waals surface area contributed by atoms with Gasteiger partial charge in [0.05, 0.1) is 6.61 Å². The number of halogens is 1. The van der Waals surface area contributed by atoms with Crippen LogP contribution in [-0.4, -0.2) is 42.9 Å². The molecule has 102 valence electrons. The van der Waals surface area contributed by atoms with Crippen LogP contribution >= 0.6 is 12.4 Å². The van der Waals surface area contributed by atoms with Gasteiger partial charge in [0.1, 0.15) is 5.72 Å². The van der Waals surface area contributed by atoms with E-state index in [4.69, 9.17) is 4.74 Å². The summed E-state index contributed by atoms with van der Waals surface area (Å²) in [7, 11) is 0. The smallest absolute Gasteiger partial charge is 0.120 e. The van der Waals surface area contributed by atoms with Crippen LogP contribution in [0.5, 0.6) is 0 Å². The fourth-order valence-electron chi connectivity index (χ4n) is 2.77. The van der Waals surface area contributed by atoms with E-state index >= 15 is 0 Å². The third-order valence-electron chi connectivity index (χ3n) is 4.20. The van der Waals surface area contributed by atoms with Crippen molar-refractivity contribution in [3.63, 3.8) is 0 Å². The summed E-state index contributed by atoms with van der Waals surface area (Å²) in [6, 6.07) is 0.663. The zero-order valence-electron chi connectivity index (χ0n) is 11.5. The highest BCUT2D eigenvalue weighted by molar-refractivity contribution is 5.85. The maximum Gasteiger partial charge on any atom is 0.120 e. The predicted molar refractivity (Wildman–Crippen MR) is 73.6 cm³/mol. The summed E-state index contributed by atoms with van der Waals surface area (Å²) in [5.41, 5.74) is -0.0872. The van der Waals surface area contributed by atoms with E-state index < -0.39 is 0 Å². The summed E-state index contributed by atoms with van der Waals surface area (Å²) < 4.78 is 6.05. The molecule has 0 bridgehead atoms. The molecule has 2 aliphatic heterocycles. The third-order valence-corrected chi connectivity index (χ3v) is 4.20. The zero-order chi connectivity index (χ0) is 11.8. The minimum absolute atomic E-state index is 0. The minimum atomic E-state index is -0.0872. The molecule has 2 heterocycles. The molecular weight excluding hydrogens is 236 g/mol. The van der Waals surface area contributed by atoms with E-state index in [0.717, 1.165) is 13.2 Å². The third kappa shape index (κ3) is 3.34. The van der Waals surface area contributed by atoms with Crippen LogP contribution < -0.4 is 5.32 Å². The van der Waals surface area contributed by atoms with E-state index in [1.165, 1.54) is 19.5 Å².